The van der Waals surface area contributed by atoms with Gasteiger partial charge in [0.25, 0.3) is 0 Å². The summed E-state index contributed by atoms with van der Waals surface area (Å²) >= 11 is 0. The Morgan fingerprint density at radius 1 is 1.18 bits per heavy atom. The number of hydrogen-bond donors (Lipinski definition) is 0. The minimum atomic E-state index is -3.78. The van der Waals surface area contributed by atoms with Crippen molar-refractivity contribution in [3.63, 3.8) is 0 Å². The number of benzene rings is 1. The lowest BCUT2D eigenvalue weighted by atomic mass is 9.89. The average Bonchev–Trinajstić information content (AvgIpc) is 2.41. The maximum absolute atomic E-state index is 14.0. The Bertz CT molecular complexity index is 543. The predicted octanol–water partition coefficient (Wildman–Crippen LogP) is 5.36. The predicted molar refractivity (Wildman–Crippen MR) is 76.3 cm³/mol. The summed E-state index contributed by atoms with van der Waals surface area (Å²) in [5.74, 6) is -2.15. The highest BCUT2D eigenvalue weighted by Crippen LogP contribution is 2.36. The molecule has 0 aromatic heterocycles. The first kappa shape index (κ1) is 18.4. The molecule has 0 radical (unpaired) electrons. The van der Waals surface area contributed by atoms with Crippen molar-refractivity contribution in [2.24, 2.45) is 5.92 Å². The molecule has 1 fully saturated rings. The number of rotatable bonds is 3. The Labute approximate surface area is 129 Å². The van der Waals surface area contributed by atoms with E-state index in [2.05, 4.69) is 0 Å². The SMILES string of the molecule is C.CC1CCC(OC(F)(F)c2cc(F)c(C#N)c(F)c2)CC1.[HH]. The van der Waals surface area contributed by atoms with Crippen LogP contribution < -0.4 is 0 Å². The average molecular weight is 319 g/mol. The molecule has 0 unspecified atom stereocenters. The molecule has 1 saturated carbocycles. The molecule has 0 bridgehead atoms. The van der Waals surface area contributed by atoms with Gasteiger partial charge in [-0.1, -0.05) is 14.4 Å². The first-order valence-electron chi connectivity index (χ1n) is 6.78. The van der Waals surface area contributed by atoms with E-state index in [0.29, 0.717) is 30.9 Å². The van der Waals surface area contributed by atoms with Crippen LogP contribution in [0.15, 0.2) is 12.1 Å². The summed E-state index contributed by atoms with van der Waals surface area (Å²) in [6, 6.07) is 2.20. The summed E-state index contributed by atoms with van der Waals surface area (Å²) < 4.78 is 59.6. The highest BCUT2D eigenvalue weighted by molar-refractivity contribution is 5.36. The topological polar surface area (TPSA) is 33.0 Å². The maximum atomic E-state index is 14.0. The standard InChI is InChI=1S/C15H15F4NO.CH4.H2/c1-9-2-4-11(5-3-9)21-15(18,19)10-6-13(16)12(8-20)14(17)7-10;;/h6-7,9,11H,2-5H2,1H3;1H4;1H. The van der Waals surface area contributed by atoms with Crippen molar-refractivity contribution in [1.29, 1.82) is 5.26 Å². The highest BCUT2D eigenvalue weighted by Gasteiger charge is 2.38. The Morgan fingerprint density at radius 3 is 2.14 bits per heavy atom. The Kier molecular flexibility index (Phi) is 5.95. The van der Waals surface area contributed by atoms with Crippen LogP contribution in [0.3, 0.4) is 0 Å². The Morgan fingerprint density at radius 2 is 1.68 bits per heavy atom. The Balaban J connectivity index is 0.00000242. The van der Waals surface area contributed by atoms with E-state index in [1.165, 1.54) is 6.07 Å². The van der Waals surface area contributed by atoms with Gasteiger partial charge in [-0.25, -0.2) is 8.78 Å². The molecule has 0 saturated heterocycles. The van der Waals surface area contributed by atoms with E-state index in [9.17, 15) is 17.6 Å². The molecule has 0 atom stereocenters. The molecule has 2 nitrogen and oxygen atoms in total. The summed E-state index contributed by atoms with van der Waals surface area (Å²) in [6.07, 6.45) is -1.83. The van der Waals surface area contributed by atoms with E-state index in [1.54, 1.807) is 0 Å². The number of hydrogen-bond acceptors (Lipinski definition) is 2. The van der Waals surface area contributed by atoms with Crippen LogP contribution >= 0.6 is 0 Å². The van der Waals surface area contributed by atoms with Crippen molar-refractivity contribution in [1.82, 2.24) is 0 Å². The third-order valence-electron chi connectivity index (χ3n) is 3.77. The third-order valence-corrected chi connectivity index (χ3v) is 3.77. The summed E-state index contributed by atoms with van der Waals surface area (Å²) in [7, 11) is 0. The zero-order valence-electron chi connectivity index (χ0n) is 11.5. The van der Waals surface area contributed by atoms with Crippen LogP contribution in [0, 0.1) is 28.9 Å². The first-order chi connectivity index (χ1) is 9.83. The lowest BCUT2D eigenvalue weighted by molar-refractivity contribution is -0.278. The number of ether oxygens (including phenoxy) is 1. The second-order valence-corrected chi connectivity index (χ2v) is 5.44. The molecule has 6 heteroatoms. The number of nitrogens with zero attached hydrogens (tertiary/aromatic N) is 1. The van der Waals surface area contributed by atoms with Crippen LogP contribution in [0.2, 0.25) is 0 Å². The molecule has 1 aromatic rings. The van der Waals surface area contributed by atoms with Crippen molar-refractivity contribution in [2.75, 3.05) is 0 Å². The van der Waals surface area contributed by atoms with E-state index in [1.807, 2.05) is 6.92 Å². The first-order valence-corrected chi connectivity index (χ1v) is 6.78. The van der Waals surface area contributed by atoms with Crippen LogP contribution in [-0.4, -0.2) is 6.10 Å². The summed E-state index contributed by atoms with van der Waals surface area (Å²) in [4.78, 5) is 0. The molecule has 0 spiro atoms. The molecule has 2 rings (SSSR count). The summed E-state index contributed by atoms with van der Waals surface area (Å²) in [6.45, 7) is 2.04. The van der Waals surface area contributed by atoms with Gasteiger partial charge < -0.3 is 4.74 Å². The smallest absolute Gasteiger partial charge is 0.313 e. The van der Waals surface area contributed by atoms with E-state index in [0.717, 1.165) is 12.8 Å². The van der Waals surface area contributed by atoms with Gasteiger partial charge in [-0.05, 0) is 43.7 Å². The number of nitriles is 1. The molecule has 0 aliphatic heterocycles. The zero-order chi connectivity index (χ0) is 15.6. The van der Waals surface area contributed by atoms with E-state index < -0.39 is 35.0 Å². The molecule has 1 aliphatic rings. The van der Waals surface area contributed by atoms with Crippen LogP contribution in [-0.2, 0) is 10.8 Å². The minimum Gasteiger partial charge on any atom is -0.313 e. The summed E-state index contributed by atoms with van der Waals surface area (Å²) in [5, 5.41) is 8.53. The monoisotopic (exact) mass is 319 g/mol. The lowest BCUT2D eigenvalue weighted by Gasteiger charge is -2.29. The number of halogens is 4. The molecule has 1 aromatic carbocycles. The van der Waals surface area contributed by atoms with Gasteiger partial charge in [-0.2, -0.15) is 14.0 Å². The zero-order valence-corrected chi connectivity index (χ0v) is 11.5. The van der Waals surface area contributed by atoms with Gasteiger partial charge in [0.1, 0.15) is 23.3 Å². The highest BCUT2D eigenvalue weighted by atomic mass is 19.3. The molecule has 124 valence electrons. The molecular weight excluding hydrogens is 298 g/mol. The largest absolute Gasteiger partial charge is 0.383 e. The van der Waals surface area contributed by atoms with E-state index >= 15 is 0 Å². The minimum absolute atomic E-state index is 0. The molecule has 0 amide bonds. The molecular formula is C16H21F4NO. The summed E-state index contributed by atoms with van der Waals surface area (Å²) in [5.41, 5.74) is -1.78. The molecule has 0 heterocycles. The normalized spacial score (nSPS) is 21.8. The van der Waals surface area contributed by atoms with Crippen LogP contribution in [0.1, 0.15) is 52.6 Å². The third kappa shape index (κ3) is 3.98. The van der Waals surface area contributed by atoms with Crippen LogP contribution in [0.5, 0.6) is 0 Å². The second kappa shape index (κ2) is 7.10. The molecule has 22 heavy (non-hydrogen) atoms. The van der Waals surface area contributed by atoms with Gasteiger partial charge in [-0.15, -0.1) is 0 Å². The van der Waals surface area contributed by atoms with E-state index in [-0.39, 0.29) is 8.85 Å². The van der Waals surface area contributed by atoms with Gasteiger partial charge in [0.15, 0.2) is 0 Å². The fourth-order valence-electron chi connectivity index (χ4n) is 2.47. The second-order valence-electron chi connectivity index (χ2n) is 5.44. The van der Waals surface area contributed by atoms with Crippen molar-refractivity contribution >= 4 is 0 Å². The quantitative estimate of drug-likeness (QED) is 0.702. The van der Waals surface area contributed by atoms with E-state index in [4.69, 9.17) is 10.00 Å². The van der Waals surface area contributed by atoms with Crippen molar-refractivity contribution < 1.29 is 23.7 Å². The van der Waals surface area contributed by atoms with Gasteiger partial charge in [-0.3, -0.25) is 0 Å². The maximum Gasteiger partial charge on any atom is 0.383 e. The van der Waals surface area contributed by atoms with Crippen LogP contribution in [0.25, 0.3) is 0 Å². The van der Waals surface area contributed by atoms with Crippen molar-refractivity contribution in [3.05, 3.63) is 34.9 Å². The van der Waals surface area contributed by atoms with Crippen LogP contribution in [0.4, 0.5) is 17.6 Å². The lowest BCUT2D eigenvalue weighted by Crippen LogP contribution is -2.29. The molecule has 0 N–H and O–H groups in total. The van der Waals surface area contributed by atoms with Crippen molar-refractivity contribution in [2.45, 2.75) is 52.2 Å². The van der Waals surface area contributed by atoms with Gasteiger partial charge >= 0.3 is 6.11 Å². The van der Waals surface area contributed by atoms with Gasteiger partial charge in [0, 0.05) is 1.43 Å². The molecule has 1 aliphatic carbocycles. The van der Waals surface area contributed by atoms with Gasteiger partial charge in [0.05, 0.1) is 11.7 Å². The van der Waals surface area contributed by atoms with Gasteiger partial charge in [0.2, 0.25) is 0 Å². The fraction of sp³-hybridized carbons (Fsp3) is 0.562. The Hall–Kier alpha value is -1.61. The fourth-order valence-corrected chi connectivity index (χ4v) is 2.47. The van der Waals surface area contributed by atoms with Crippen molar-refractivity contribution in [3.8, 4) is 6.07 Å². The number of alkyl halides is 2.